The van der Waals surface area contributed by atoms with Crippen molar-refractivity contribution in [1.82, 2.24) is 4.90 Å². The van der Waals surface area contributed by atoms with E-state index in [0.717, 1.165) is 0 Å². The fraction of sp³-hybridized carbons (Fsp3) is 0.211. The molecule has 1 heterocycles. The molecule has 7 nitrogen and oxygen atoms in total. The summed E-state index contributed by atoms with van der Waals surface area (Å²) < 4.78 is 0. The number of fused-ring (bicyclic) bond motifs is 1. The molecule has 1 atom stereocenters. The normalized spacial score (nSPS) is 15.8. The van der Waals surface area contributed by atoms with Gasteiger partial charge in [0, 0.05) is 38.0 Å². The molecular weight excluding hydrogens is 332 g/mol. The molecule has 3 rings (SSSR count). The zero-order valence-electron chi connectivity index (χ0n) is 14.7. The van der Waals surface area contributed by atoms with Crippen LogP contribution in [-0.2, 0) is 0 Å². The van der Waals surface area contributed by atoms with Crippen molar-refractivity contribution in [3.63, 3.8) is 0 Å². The number of nitro groups is 1. The molecule has 7 heteroatoms. The first-order chi connectivity index (χ1) is 12.4. The summed E-state index contributed by atoms with van der Waals surface area (Å²) in [6.45, 7) is 4.05. The summed E-state index contributed by atoms with van der Waals surface area (Å²) in [5.74, 6) is -0.136. The molecule has 1 aliphatic heterocycles. The zero-order chi connectivity index (χ0) is 18.8. The van der Waals surface area contributed by atoms with Gasteiger partial charge in [0.1, 0.15) is 11.9 Å². The van der Waals surface area contributed by atoms with Gasteiger partial charge >= 0.3 is 0 Å². The van der Waals surface area contributed by atoms with E-state index in [2.05, 4.69) is 11.9 Å². The van der Waals surface area contributed by atoms with Crippen molar-refractivity contribution in [3.8, 4) is 0 Å². The Kier molecular flexibility index (Phi) is 4.62. The lowest BCUT2D eigenvalue weighted by Gasteiger charge is -2.37. The molecule has 2 aromatic carbocycles. The van der Waals surface area contributed by atoms with E-state index in [9.17, 15) is 14.9 Å². The Balaban J connectivity index is 2.09. The Hall–Kier alpha value is -3.35. The Morgan fingerprint density at radius 1 is 1.31 bits per heavy atom. The lowest BCUT2D eigenvalue weighted by molar-refractivity contribution is -0.384. The number of amides is 1. The predicted octanol–water partition coefficient (Wildman–Crippen LogP) is 3.41. The van der Waals surface area contributed by atoms with Crippen LogP contribution in [0.15, 0.2) is 55.1 Å². The number of para-hydroxylation sites is 1. The van der Waals surface area contributed by atoms with E-state index in [1.807, 2.05) is 18.2 Å². The van der Waals surface area contributed by atoms with Crippen molar-refractivity contribution in [2.45, 2.75) is 6.17 Å². The smallest absolute Gasteiger partial charge is 0.292 e. The van der Waals surface area contributed by atoms with Crippen LogP contribution in [0.2, 0.25) is 0 Å². The van der Waals surface area contributed by atoms with Gasteiger partial charge in [0.2, 0.25) is 0 Å². The number of nitro benzene ring substituents is 1. The van der Waals surface area contributed by atoms with E-state index in [4.69, 9.17) is 0 Å². The summed E-state index contributed by atoms with van der Waals surface area (Å²) in [5, 5.41) is 14.8. The fourth-order valence-electron chi connectivity index (χ4n) is 3.12. The van der Waals surface area contributed by atoms with Gasteiger partial charge in [-0.15, -0.1) is 6.58 Å². The number of benzene rings is 2. The van der Waals surface area contributed by atoms with Gasteiger partial charge < -0.3 is 15.1 Å². The number of carbonyl (C=O) groups is 1. The number of carbonyl (C=O) groups excluding carboxylic acids is 1. The number of nitrogens with zero attached hydrogens (tertiary/aromatic N) is 3. The van der Waals surface area contributed by atoms with Crippen LogP contribution in [-0.4, -0.2) is 36.4 Å². The minimum absolute atomic E-state index is 0.000777. The highest BCUT2D eigenvalue weighted by atomic mass is 16.6. The van der Waals surface area contributed by atoms with Gasteiger partial charge in [-0.25, -0.2) is 0 Å². The molecule has 1 N–H and O–H groups in total. The molecule has 0 aliphatic carbocycles. The second-order valence-corrected chi connectivity index (χ2v) is 6.24. The molecule has 0 spiro atoms. The van der Waals surface area contributed by atoms with Crippen molar-refractivity contribution in [1.29, 1.82) is 0 Å². The van der Waals surface area contributed by atoms with Gasteiger partial charge in [0.25, 0.3) is 11.6 Å². The topological polar surface area (TPSA) is 78.7 Å². The van der Waals surface area contributed by atoms with Gasteiger partial charge in [-0.1, -0.05) is 24.3 Å². The molecule has 0 radical (unpaired) electrons. The molecule has 26 heavy (non-hydrogen) atoms. The standard InChI is InChI=1S/C19H20N4O3/c1-4-11-22-18(20-15-8-6-5-7-14(15)19(22)24)13-9-10-16(21(2)3)17(12-13)23(25)26/h4-10,12,18,20H,1,11H2,2-3H3/t18-/m1/s1. The average Bonchev–Trinajstić information content (AvgIpc) is 2.63. The highest BCUT2D eigenvalue weighted by molar-refractivity contribution is 6.01. The molecule has 134 valence electrons. The molecule has 0 saturated carbocycles. The van der Waals surface area contributed by atoms with Crippen molar-refractivity contribution in [2.75, 3.05) is 30.9 Å². The average molecular weight is 352 g/mol. The van der Waals surface area contributed by atoms with Crippen LogP contribution in [0, 0.1) is 10.1 Å². The fourth-order valence-corrected chi connectivity index (χ4v) is 3.12. The molecule has 0 saturated heterocycles. The Labute approximate surface area is 151 Å². The van der Waals surface area contributed by atoms with E-state index < -0.39 is 11.1 Å². The van der Waals surface area contributed by atoms with E-state index in [1.165, 1.54) is 6.07 Å². The number of hydrogen-bond donors (Lipinski definition) is 1. The van der Waals surface area contributed by atoms with E-state index in [1.54, 1.807) is 48.2 Å². The molecule has 0 unspecified atom stereocenters. The van der Waals surface area contributed by atoms with Crippen LogP contribution >= 0.6 is 0 Å². The van der Waals surface area contributed by atoms with Crippen LogP contribution in [0.25, 0.3) is 0 Å². The highest BCUT2D eigenvalue weighted by Crippen LogP contribution is 2.36. The second-order valence-electron chi connectivity index (χ2n) is 6.24. The molecule has 2 aromatic rings. The van der Waals surface area contributed by atoms with Crippen molar-refractivity contribution >= 4 is 23.0 Å². The zero-order valence-corrected chi connectivity index (χ0v) is 14.7. The minimum atomic E-state index is -0.509. The van der Waals surface area contributed by atoms with Crippen molar-refractivity contribution in [2.24, 2.45) is 0 Å². The van der Waals surface area contributed by atoms with Gasteiger partial charge in [-0.2, -0.15) is 0 Å². The molecule has 0 bridgehead atoms. The first-order valence-corrected chi connectivity index (χ1v) is 8.17. The van der Waals surface area contributed by atoms with Gasteiger partial charge in [0.15, 0.2) is 0 Å². The van der Waals surface area contributed by atoms with Crippen LogP contribution in [0.5, 0.6) is 0 Å². The van der Waals surface area contributed by atoms with E-state index >= 15 is 0 Å². The summed E-state index contributed by atoms with van der Waals surface area (Å²) in [5.41, 5.74) is 2.44. The first kappa shape index (κ1) is 17.5. The predicted molar refractivity (Wildman–Crippen MR) is 101 cm³/mol. The van der Waals surface area contributed by atoms with Gasteiger partial charge in [-0.3, -0.25) is 14.9 Å². The molecule has 0 fully saturated rings. The summed E-state index contributed by atoms with van der Waals surface area (Å²) in [4.78, 5) is 27.3. The van der Waals surface area contributed by atoms with Gasteiger partial charge in [0.05, 0.1) is 10.5 Å². The van der Waals surface area contributed by atoms with Crippen LogP contribution < -0.4 is 10.2 Å². The number of hydrogen-bond acceptors (Lipinski definition) is 5. The van der Waals surface area contributed by atoms with E-state index in [-0.39, 0.29) is 11.6 Å². The van der Waals surface area contributed by atoms with Crippen LogP contribution in [0.1, 0.15) is 22.1 Å². The van der Waals surface area contributed by atoms with E-state index in [0.29, 0.717) is 29.0 Å². The maximum absolute atomic E-state index is 12.9. The molecule has 1 aliphatic rings. The summed E-state index contributed by atoms with van der Waals surface area (Å²) in [6.07, 6.45) is 1.13. The highest BCUT2D eigenvalue weighted by Gasteiger charge is 2.33. The third-order valence-corrected chi connectivity index (χ3v) is 4.34. The quantitative estimate of drug-likeness (QED) is 0.507. The summed E-state index contributed by atoms with van der Waals surface area (Å²) >= 11 is 0. The maximum atomic E-state index is 12.9. The summed E-state index contributed by atoms with van der Waals surface area (Å²) in [6, 6.07) is 12.3. The summed E-state index contributed by atoms with van der Waals surface area (Å²) in [7, 11) is 3.51. The Morgan fingerprint density at radius 3 is 2.69 bits per heavy atom. The SMILES string of the molecule is C=CCN1C(=O)c2ccccc2N[C@H]1c1ccc(N(C)C)c([N+](=O)[O-])c1. The molecule has 0 aromatic heterocycles. The number of anilines is 2. The lowest BCUT2D eigenvalue weighted by atomic mass is 10.0. The van der Waals surface area contributed by atoms with Crippen molar-refractivity contribution < 1.29 is 9.72 Å². The second kappa shape index (κ2) is 6.87. The Morgan fingerprint density at radius 2 is 2.04 bits per heavy atom. The van der Waals surface area contributed by atoms with Crippen LogP contribution in [0.3, 0.4) is 0 Å². The van der Waals surface area contributed by atoms with Crippen molar-refractivity contribution in [3.05, 3.63) is 76.4 Å². The van der Waals surface area contributed by atoms with Crippen LogP contribution in [0.4, 0.5) is 17.1 Å². The first-order valence-electron chi connectivity index (χ1n) is 8.17. The third-order valence-electron chi connectivity index (χ3n) is 4.34. The maximum Gasteiger partial charge on any atom is 0.292 e. The number of rotatable bonds is 5. The van der Waals surface area contributed by atoms with Gasteiger partial charge in [-0.05, 0) is 18.2 Å². The third kappa shape index (κ3) is 2.99. The monoisotopic (exact) mass is 352 g/mol. The lowest BCUT2D eigenvalue weighted by Crippen LogP contribution is -2.43. The molecular formula is C19H20N4O3. The number of nitrogens with one attached hydrogen (secondary N) is 1. The minimum Gasteiger partial charge on any atom is -0.372 e. The molecule has 1 amide bonds. The largest absolute Gasteiger partial charge is 0.372 e. The Bertz CT molecular complexity index is 879.